The predicted molar refractivity (Wildman–Crippen MR) is 222 cm³/mol. The predicted octanol–water partition coefficient (Wildman–Crippen LogP) is 9.07. The Morgan fingerprint density at radius 1 is 0.703 bits per heavy atom. The molecule has 0 unspecified atom stereocenters. The number of pyridine rings is 2. The molecule has 2 fully saturated rings. The number of ketones is 2. The van der Waals surface area contributed by atoms with E-state index in [0.717, 1.165) is 31.9 Å². The van der Waals surface area contributed by atoms with Gasteiger partial charge in [0.2, 0.25) is 0 Å². The van der Waals surface area contributed by atoms with E-state index in [9.17, 15) is 40.0 Å². The number of ether oxygens (including phenoxy) is 5. The lowest BCUT2D eigenvalue weighted by molar-refractivity contribution is -0.0509. The van der Waals surface area contributed by atoms with Gasteiger partial charge >= 0.3 is 13.2 Å². The quantitative estimate of drug-likeness (QED) is 0.0310. The van der Waals surface area contributed by atoms with Crippen molar-refractivity contribution in [3.05, 3.63) is 90.3 Å². The Hall–Kier alpha value is -6.28. The second-order valence-corrected chi connectivity index (χ2v) is 16.8. The molecule has 2 aromatic carbocycles. The van der Waals surface area contributed by atoms with Gasteiger partial charge in [0, 0.05) is 54.9 Å². The number of rotatable bonds is 20. The average molecular weight is 915 g/mol. The number of hydrogen-bond donors (Lipinski definition) is 0. The summed E-state index contributed by atoms with van der Waals surface area (Å²) in [5, 5.41) is 0. The van der Waals surface area contributed by atoms with Gasteiger partial charge in [0.15, 0.2) is 11.6 Å². The van der Waals surface area contributed by atoms with Gasteiger partial charge < -0.3 is 23.7 Å². The van der Waals surface area contributed by atoms with Gasteiger partial charge in [-0.2, -0.15) is 26.0 Å². The lowest BCUT2D eigenvalue weighted by Crippen LogP contribution is -2.11. The van der Waals surface area contributed by atoms with Crippen molar-refractivity contribution in [3.63, 3.8) is 0 Å². The fourth-order valence-corrected chi connectivity index (χ4v) is 7.41. The number of carbonyl (C=O) groups excluding carboxylic acids is 2. The first-order valence-corrected chi connectivity index (χ1v) is 21.9. The first-order chi connectivity index (χ1) is 30.6. The minimum Gasteiger partial charge on any atom is -0.496 e. The van der Waals surface area contributed by atoms with Crippen molar-refractivity contribution in [2.24, 2.45) is 11.8 Å². The summed E-state index contributed by atoms with van der Waals surface area (Å²) in [5.74, 6) is -0.141. The first kappa shape index (κ1) is 45.7. The highest BCUT2D eigenvalue weighted by Crippen LogP contribution is 2.42. The zero-order chi connectivity index (χ0) is 45.7. The molecular weight excluding hydrogens is 872 g/mol. The smallest absolute Gasteiger partial charge is 0.387 e. The molecule has 340 valence electrons. The largest absolute Gasteiger partial charge is 0.496 e. The molecule has 0 N–H and O–H groups in total. The van der Waals surface area contributed by atoms with E-state index in [1.807, 2.05) is 0 Å². The van der Waals surface area contributed by atoms with Crippen LogP contribution in [0, 0.1) is 17.7 Å². The maximum atomic E-state index is 13.4. The first-order valence-electron chi connectivity index (χ1n) is 20.1. The topological polar surface area (TPSA) is 158 Å². The standard InChI is InChI=1S/C24H26F2N2O7S.C20H17F3N2O3/c1-32-20-11-16(12-21(35-24(25)26)23(20)19(29)10-15-4-5-15)18-14-27-22-13-17(6-7-28(18)22)33-8-3-9-34-36(2,30)31;1-27-16-7-12(14-10-24-18-9-13(21)4-5-25(14)18)8-17(28-20(22)23)19(16)15(26)6-11-2-3-11/h6-7,11-15,24H,3-5,8-10H2,1-2H3;4-5,7-11,20H,2-3,6H2,1H3. The molecule has 8 rings (SSSR count). The summed E-state index contributed by atoms with van der Waals surface area (Å²) in [7, 11) is -0.757. The van der Waals surface area contributed by atoms with E-state index in [-0.39, 0.29) is 83.6 Å². The van der Waals surface area contributed by atoms with Crippen molar-refractivity contribution >= 4 is 33.0 Å². The maximum Gasteiger partial charge on any atom is 0.387 e. The molecule has 0 atom stereocenters. The van der Waals surface area contributed by atoms with Crippen LogP contribution in [0.2, 0.25) is 0 Å². The van der Waals surface area contributed by atoms with Crippen LogP contribution in [0.25, 0.3) is 33.8 Å². The van der Waals surface area contributed by atoms with Crippen molar-refractivity contribution in [1.82, 2.24) is 18.8 Å². The lowest BCUT2D eigenvalue weighted by Gasteiger charge is -2.16. The molecule has 6 aromatic rings. The minimum absolute atomic E-state index is 0.0119. The van der Waals surface area contributed by atoms with Crippen LogP contribution < -0.4 is 23.7 Å². The van der Waals surface area contributed by atoms with Crippen LogP contribution in [0.15, 0.2) is 73.3 Å². The zero-order valence-electron chi connectivity index (χ0n) is 34.8. The summed E-state index contributed by atoms with van der Waals surface area (Å²) in [5.41, 5.74) is 2.93. The number of fused-ring (bicyclic) bond motifs is 2. The van der Waals surface area contributed by atoms with Gasteiger partial charge in [-0.1, -0.05) is 0 Å². The maximum absolute atomic E-state index is 13.4. The molecule has 0 radical (unpaired) electrons. The van der Waals surface area contributed by atoms with Crippen LogP contribution in [-0.4, -0.2) is 85.7 Å². The number of alkyl halides is 4. The second kappa shape index (κ2) is 19.6. The molecular formula is C44H43F5N4O10S. The van der Waals surface area contributed by atoms with Crippen LogP contribution >= 0.6 is 0 Å². The summed E-state index contributed by atoms with van der Waals surface area (Å²) in [6, 6.07) is 11.8. The summed E-state index contributed by atoms with van der Waals surface area (Å²) >= 11 is 0. The number of Topliss-reactive ketones (excluding diaryl/α,β-unsaturated/α-hetero) is 2. The Kier molecular flexibility index (Phi) is 14.0. The number of halogens is 5. The molecule has 0 bridgehead atoms. The number of nitrogens with zero attached hydrogens (tertiary/aromatic N) is 4. The Labute approximate surface area is 364 Å². The molecule has 0 amide bonds. The molecule has 64 heavy (non-hydrogen) atoms. The average Bonchev–Trinajstić information content (AvgIpc) is 4.16. The fraction of sp³-hybridized carbons (Fsp3) is 0.364. The van der Waals surface area contributed by atoms with Gasteiger partial charge in [0.05, 0.1) is 57.5 Å². The molecule has 2 aliphatic rings. The highest BCUT2D eigenvalue weighted by Gasteiger charge is 2.31. The van der Waals surface area contributed by atoms with Gasteiger partial charge in [0.25, 0.3) is 10.1 Å². The van der Waals surface area contributed by atoms with Crippen LogP contribution in [0.3, 0.4) is 0 Å². The van der Waals surface area contributed by atoms with Gasteiger partial charge in [-0.15, -0.1) is 0 Å². The van der Waals surface area contributed by atoms with Crippen molar-refractivity contribution in [3.8, 4) is 51.3 Å². The number of aromatic nitrogens is 4. The van der Waals surface area contributed by atoms with E-state index < -0.39 is 29.2 Å². The van der Waals surface area contributed by atoms with Crippen LogP contribution in [0.1, 0.15) is 65.7 Å². The summed E-state index contributed by atoms with van der Waals surface area (Å²) in [4.78, 5) is 34.0. The third-order valence-corrected chi connectivity index (χ3v) is 10.9. The molecule has 20 heteroatoms. The molecule has 4 heterocycles. The SMILES string of the molecule is COc1cc(-c2cnc3cc(F)ccn23)cc(OC(F)F)c1C(=O)CC1CC1.COc1cc(-c2cnc3cc(OCCCOS(C)(=O)=O)ccn23)cc(OC(F)F)c1C(=O)CC1CC1. The molecule has 0 spiro atoms. The summed E-state index contributed by atoms with van der Waals surface area (Å²) in [6.45, 7) is -5.95. The van der Waals surface area contributed by atoms with Crippen molar-refractivity contribution < 1.29 is 67.8 Å². The molecule has 0 aliphatic heterocycles. The van der Waals surface area contributed by atoms with Crippen molar-refractivity contribution in [2.75, 3.05) is 33.7 Å². The number of carbonyl (C=O) groups is 2. The van der Waals surface area contributed by atoms with E-state index in [0.29, 0.717) is 46.0 Å². The zero-order valence-corrected chi connectivity index (χ0v) is 35.6. The number of hydrogen-bond acceptors (Lipinski definition) is 12. The molecule has 14 nitrogen and oxygen atoms in total. The third-order valence-electron chi connectivity index (χ3n) is 10.3. The van der Waals surface area contributed by atoms with Gasteiger partial charge in [-0.3, -0.25) is 22.6 Å². The van der Waals surface area contributed by atoms with Gasteiger partial charge in [-0.25, -0.2) is 14.4 Å². The van der Waals surface area contributed by atoms with E-state index in [1.54, 1.807) is 45.5 Å². The van der Waals surface area contributed by atoms with Crippen LogP contribution in [-0.2, 0) is 14.3 Å². The van der Waals surface area contributed by atoms with Gasteiger partial charge in [-0.05, 0) is 73.9 Å². The Bertz CT molecular complexity index is 2770. The number of imidazole rings is 2. The number of benzene rings is 2. The van der Waals surface area contributed by atoms with Crippen molar-refractivity contribution in [1.29, 1.82) is 0 Å². The number of methoxy groups -OCH3 is 2. The summed E-state index contributed by atoms with van der Waals surface area (Å²) in [6.07, 6.45) is 11.9. The highest BCUT2D eigenvalue weighted by molar-refractivity contribution is 7.85. The fourth-order valence-electron chi connectivity index (χ4n) is 6.99. The molecule has 2 saturated carbocycles. The second-order valence-electron chi connectivity index (χ2n) is 15.2. The molecule has 2 aliphatic carbocycles. The highest BCUT2D eigenvalue weighted by atomic mass is 32.2. The lowest BCUT2D eigenvalue weighted by atomic mass is 10.00. The van der Waals surface area contributed by atoms with E-state index >= 15 is 0 Å². The Balaban J connectivity index is 0.000000197. The normalized spacial score (nSPS) is 13.8. The Morgan fingerprint density at radius 2 is 1.17 bits per heavy atom. The monoisotopic (exact) mass is 914 g/mol. The Morgan fingerprint density at radius 3 is 1.62 bits per heavy atom. The summed E-state index contributed by atoms with van der Waals surface area (Å²) < 4.78 is 122. The third kappa shape index (κ3) is 11.4. The minimum atomic E-state index is -3.49. The van der Waals surface area contributed by atoms with E-state index in [4.69, 9.17) is 18.9 Å². The molecule has 0 saturated heterocycles. The van der Waals surface area contributed by atoms with Crippen LogP contribution in [0.5, 0.6) is 28.7 Å². The van der Waals surface area contributed by atoms with Crippen LogP contribution in [0.4, 0.5) is 22.0 Å². The van der Waals surface area contributed by atoms with Gasteiger partial charge in [0.1, 0.15) is 57.0 Å². The van der Waals surface area contributed by atoms with E-state index in [1.165, 1.54) is 50.9 Å². The van der Waals surface area contributed by atoms with E-state index in [2.05, 4.69) is 18.9 Å². The van der Waals surface area contributed by atoms with Crippen molar-refractivity contribution in [2.45, 2.75) is 58.2 Å². The molecule has 4 aromatic heterocycles.